The Bertz CT molecular complexity index is 973. The summed E-state index contributed by atoms with van der Waals surface area (Å²) >= 11 is 0. The predicted octanol–water partition coefficient (Wildman–Crippen LogP) is 3.60. The van der Waals surface area contributed by atoms with Gasteiger partial charge in [0.1, 0.15) is 17.4 Å². The lowest BCUT2D eigenvalue weighted by Gasteiger charge is -2.32. The first-order valence-electron chi connectivity index (χ1n) is 10.9. The monoisotopic (exact) mass is 394 g/mol. The van der Waals surface area contributed by atoms with Crippen molar-refractivity contribution >= 4 is 16.9 Å². The lowest BCUT2D eigenvalue weighted by molar-refractivity contribution is -0.123. The normalized spacial score (nSPS) is 31.0. The van der Waals surface area contributed by atoms with E-state index in [9.17, 15) is 9.90 Å². The predicted molar refractivity (Wildman–Crippen MR) is 112 cm³/mol. The van der Waals surface area contributed by atoms with Crippen molar-refractivity contribution in [3.05, 3.63) is 29.7 Å². The molecular formula is C23H30N4O2. The molecule has 0 spiro atoms. The highest BCUT2D eigenvalue weighted by Crippen LogP contribution is 2.55. The summed E-state index contributed by atoms with van der Waals surface area (Å²) < 4.78 is 0. The molecular weight excluding hydrogens is 364 g/mol. The van der Waals surface area contributed by atoms with Gasteiger partial charge in [-0.1, -0.05) is 19.1 Å². The van der Waals surface area contributed by atoms with Crippen molar-refractivity contribution in [3.63, 3.8) is 0 Å². The summed E-state index contributed by atoms with van der Waals surface area (Å²) in [4.78, 5) is 27.5. The highest BCUT2D eigenvalue weighted by atomic mass is 16.3. The Balaban J connectivity index is 1.53. The fourth-order valence-electron chi connectivity index (χ4n) is 6.23. The summed E-state index contributed by atoms with van der Waals surface area (Å²) in [6.45, 7) is 6.01. The van der Waals surface area contributed by atoms with Crippen LogP contribution in [-0.4, -0.2) is 50.9 Å². The minimum Gasteiger partial charge on any atom is -0.506 e. The Morgan fingerprint density at radius 1 is 1.28 bits per heavy atom. The van der Waals surface area contributed by atoms with Crippen molar-refractivity contribution in [2.45, 2.75) is 44.9 Å². The second kappa shape index (κ2) is 6.94. The smallest absolute Gasteiger partial charge is 0.178 e. The van der Waals surface area contributed by atoms with Crippen molar-refractivity contribution < 1.29 is 9.90 Å². The second-order valence-electron chi connectivity index (χ2n) is 9.41. The van der Waals surface area contributed by atoms with Crippen molar-refractivity contribution in [3.8, 4) is 5.75 Å². The Hall–Kier alpha value is -2.21. The number of nitrogens with one attached hydrogen (secondary N) is 1. The van der Waals surface area contributed by atoms with Crippen LogP contribution in [0.25, 0.3) is 11.2 Å². The maximum absolute atomic E-state index is 12.4. The molecule has 2 fully saturated rings. The highest BCUT2D eigenvalue weighted by molar-refractivity contribution is 5.81. The van der Waals surface area contributed by atoms with Crippen LogP contribution in [0, 0.1) is 23.7 Å². The second-order valence-corrected chi connectivity index (χ2v) is 9.41. The van der Waals surface area contributed by atoms with Gasteiger partial charge in [0.05, 0.1) is 11.7 Å². The number of hydrogen-bond acceptors (Lipinski definition) is 5. The van der Waals surface area contributed by atoms with E-state index in [0.717, 1.165) is 49.3 Å². The van der Waals surface area contributed by atoms with Gasteiger partial charge < -0.3 is 15.0 Å². The van der Waals surface area contributed by atoms with E-state index in [1.54, 1.807) is 6.92 Å². The van der Waals surface area contributed by atoms with Gasteiger partial charge in [-0.2, -0.15) is 0 Å². The van der Waals surface area contributed by atoms with Crippen LogP contribution in [-0.2, 0) is 4.79 Å². The Morgan fingerprint density at radius 2 is 2.00 bits per heavy atom. The van der Waals surface area contributed by atoms with Gasteiger partial charge in [-0.3, -0.25) is 4.79 Å². The van der Waals surface area contributed by atoms with E-state index in [0.29, 0.717) is 23.4 Å². The quantitative estimate of drug-likeness (QED) is 0.774. The van der Waals surface area contributed by atoms with Crippen LogP contribution in [0.15, 0.2) is 18.3 Å². The average molecular weight is 395 g/mol. The summed E-state index contributed by atoms with van der Waals surface area (Å²) in [7, 11) is 2.16. The number of aromatic amines is 1. The lowest BCUT2D eigenvalue weighted by Crippen LogP contribution is -2.30. The number of fused-ring (bicyclic) bond motifs is 3. The number of imidazole rings is 1. The van der Waals surface area contributed by atoms with E-state index in [2.05, 4.69) is 41.0 Å². The number of likely N-dealkylation sites (tertiary alicyclic amines) is 1. The van der Waals surface area contributed by atoms with Gasteiger partial charge in [-0.15, -0.1) is 0 Å². The number of aromatic nitrogens is 3. The van der Waals surface area contributed by atoms with Crippen molar-refractivity contribution in [2.75, 3.05) is 20.1 Å². The van der Waals surface area contributed by atoms with Gasteiger partial charge in [-0.05, 0) is 70.0 Å². The van der Waals surface area contributed by atoms with Gasteiger partial charge in [-0.25, -0.2) is 9.97 Å². The Labute approximate surface area is 171 Å². The van der Waals surface area contributed by atoms with Crippen LogP contribution >= 0.6 is 0 Å². The summed E-state index contributed by atoms with van der Waals surface area (Å²) in [5, 5.41) is 10.8. The zero-order chi connectivity index (χ0) is 20.3. The molecule has 3 aliphatic rings. The summed E-state index contributed by atoms with van der Waals surface area (Å²) in [5.74, 6) is 2.92. The molecule has 1 saturated carbocycles. The van der Waals surface area contributed by atoms with Gasteiger partial charge >= 0.3 is 0 Å². The number of Topliss-reactive ketones (excluding diaryl/α,β-unsaturated/α-hetero) is 1. The molecule has 2 aromatic rings. The zero-order valence-electron chi connectivity index (χ0n) is 17.4. The molecule has 6 heteroatoms. The molecule has 2 N–H and O–H groups in total. The first-order valence-corrected chi connectivity index (χ1v) is 10.9. The molecule has 4 unspecified atom stereocenters. The third-order valence-corrected chi connectivity index (χ3v) is 7.68. The average Bonchev–Trinajstić information content (AvgIpc) is 3.41. The molecule has 5 atom stereocenters. The van der Waals surface area contributed by atoms with Crippen molar-refractivity contribution in [1.29, 1.82) is 0 Å². The molecule has 0 amide bonds. The fraction of sp³-hybridized carbons (Fsp3) is 0.609. The number of nitrogens with zero attached hydrogens (tertiary/aromatic N) is 3. The van der Waals surface area contributed by atoms with E-state index in [4.69, 9.17) is 4.98 Å². The molecule has 29 heavy (non-hydrogen) atoms. The molecule has 1 saturated heterocycles. The first kappa shape index (κ1) is 18.8. The van der Waals surface area contributed by atoms with Crippen LogP contribution in [0.3, 0.4) is 0 Å². The third kappa shape index (κ3) is 3.00. The molecule has 0 radical (unpaired) electrons. The molecule has 2 aliphatic carbocycles. The minimum atomic E-state index is 0.0406. The summed E-state index contributed by atoms with van der Waals surface area (Å²) in [5.41, 5.74) is 2.40. The van der Waals surface area contributed by atoms with E-state index in [1.165, 1.54) is 6.20 Å². The van der Waals surface area contributed by atoms with Crippen molar-refractivity contribution in [1.82, 2.24) is 19.9 Å². The molecule has 0 aromatic carbocycles. The van der Waals surface area contributed by atoms with Crippen molar-refractivity contribution in [2.24, 2.45) is 23.7 Å². The van der Waals surface area contributed by atoms with E-state index in [1.807, 2.05) is 0 Å². The van der Waals surface area contributed by atoms with E-state index < -0.39 is 0 Å². The first-order chi connectivity index (χ1) is 13.9. The minimum absolute atomic E-state index is 0.0406. The van der Waals surface area contributed by atoms with Crippen LogP contribution in [0.2, 0.25) is 0 Å². The zero-order valence-corrected chi connectivity index (χ0v) is 17.4. The Morgan fingerprint density at radius 3 is 2.72 bits per heavy atom. The number of carbonyl (C=O) groups excluding carboxylic acids is 1. The molecule has 154 valence electrons. The van der Waals surface area contributed by atoms with E-state index >= 15 is 0 Å². The van der Waals surface area contributed by atoms with Gasteiger partial charge in [0, 0.05) is 17.4 Å². The fourth-order valence-corrected chi connectivity index (χ4v) is 6.23. The maximum atomic E-state index is 12.4. The van der Waals surface area contributed by atoms with Gasteiger partial charge in [0.15, 0.2) is 5.65 Å². The van der Waals surface area contributed by atoms with Crippen LogP contribution in [0.4, 0.5) is 0 Å². The number of aromatic hydroxyl groups is 1. The van der Waals surface area contributed by atoms with Crippen LogP contribution in [0.5, 0.6) is 5.75 Å². The Kier molecular flexibility index (Phi) is 4.50. The third-order valence-electron chi connectivity index (χ3n) is 7.68. The number of carbonyl (C=O) groups is 1. The molecule has 3 heterocycles. The SMILES string of the molecule is CC(=O)C1C(C(C)c2c(O)cnc3nc(C4CCN(C)CC4)[nH]c23)C2C=C[C@@H]1C2. The van der Waals surface area contributed by atoms with Crippen LogP contribution < -0.4 is 0 Å². The highest BCUT2D eigenvalue weighted by Gasteiger charge is 2.49. The number of hydrogen-bond donors (Lipinski definition) is 2. The maximum Gasteiger partial charge on any atom is 0.178 e. The number of ketones is 1. The molecule has 6 nitrogen and oxygen atoms in total. The number of rotatable bonds is 4. The van der Waals surface area contributed by atoms with Crippen LogP contribution in [0.1, 0.15) is 56.3 Å². The summed E-state index contributed by atoms with van der Waals surface area (Å²) in [6.07, 6.45) is 9.23. The number of piperidine rings is 1. The van der Waals surface area contributed by atoms with Gasteiger partial charge in [0.2, 0.25) is 0 Å². The topological polar surface area (TPSA) is 82.1 Å². The van der Waals surface area contributed by atoms with Gasteiger partial charge in [0.25, 0.3) is 0 Å². The number of H-pyrrole nitrogens is 1. The van der Waals surface area contributed by atoms with E-state index in [-0.39, 0.29) is 29.3 Å². The number of allylic oxidation sites excluding steroid dienone is 2. The standard InChI is InChI=1S/C23H30N4O2/c1-12(18-15-4-5-16(10-15)20(18)13(2)28)19-17(29)11-24-23-21(19)25-22(26-23)14-6-8-27(3)9-7-14/h4-5,11-12,14-16,18,20,29H,6-10H2,1-3H3,(H,24,25,26)/t12?,15?,16-,18?,20?/m1/s1. The number of pyridine rings is 1. The molecule has 2 bridgehead atoms. The molecule has 2 aromatic heterocycles. The lowest BCUT2D eigenvalue weighted by atomic mass is 9.71. The summed E-state index contributed by atoms with van der Waals surface area (Å²) in [6, 6.07) is 0. The largest absolute Gasteiger partial charge is 0.506 e. The molecule has 1 aliphatic heterocycles. The molecule has 5 rings (SSSR count).